The van der Waals surface area contributed by atoms with Crippen molar-refractivity contribution in [3.8, 4) is 23.1 Å². The third-order valence-electron chi connectivity index (χ3n) is 2.56. The molecule has 0 aromatic carbocycles. The second-order valence-corrected chi connectivity index (χ2v) is 11.9. The number of hydrogen-bond donors (Lipinski definition) is 0. The summed E-state index contributed by atoms with van der Waals surface area (Å²) >= 11 is 0. The van der Waals surface area contributed by atoms with Crippen LogP contribution in [0.3, 0.4) is 0 Å². The Hall–Kier alpha value is -1.45. The van der Waals surface area contributed by atoms with Gasteiger partial charge in [0.05, 0.1) is 0 Å². The van der Waals surface area contributed by atoms with Crippen LogP contribution in [0.1, 0.15) is 0 Å². The summed E-state index contributed by atoms with van der Waals surface area (Å²) < 4.78 is 0. The van der Waals surface area contributed by atoms with E-state index in [9.17, 15) is 0 Å². The van der Waals surface area contributed by atoms with Gasteiger partial charge >= 0.3 is 0 Å². The minimum Gasteiger partial charge on any atom is -0.126 e. The van der Waals surface area contributed by atoms with Gasteiger partial charge in [-0.3, -0.25) is 0 Å². The molecule has 1 aliphatic carbocycles. The van der Waals surface area contributed by atoms with Gasteiger partial charge in [0.15, 0.2) is 8.07 Å². The summed E-state index contributed by atoms with van der Waals surface area (Å²) in [7, 11) is -3.66. The molecule has 0 amide bonds. The van der Waals surface area contributed by atoms with Crippen molar-refractivity contribution in [3.05, 3.63) is 41.4 Å². The lowest BCUT2D eigenvalue weighted by atomic mass is 10.6. The van der Waals surface area contributed by atoms with Crippen LogP contribution < -0.4 is 0 Å². The van der Waals surface area contributed by atoms with E-state index >= 15 is 0 Å². The third-order valence-corrected chi connectivity index (χ3v) is 7.17. The molecule has 0 bridgehead atoms. The van der Waals surface area contributed by atoms with Gasteiger partial charge in [0.1, 0.15) is 0 Å². The van der Waals surface area contributed by atoms with E-state index in [2.05, 4.69) is 54.7 Å². The molecule has 0 N–H and O–H groups in total. The summed E-state index contributed by atoms with van der Waals surface area (Å²) in [5.41, 5.74) is 14.8. The molecule has 0 aromatic heterocycles. The van der Waals surface area contributed by atoms with Crippen molar-refractivity contribution in [2.75, 3.05) is 0 Å². The molecule has 0 fully saturated rings. The smallest absolute Gasteiger partial charge is 0.126 e. The maximum absolute atomic E-state index is 5.49. The Labute approximate surface area is 100 Å². The van der Waals surface area contributed by atoms with Crippen LogP contribution in [-0.4, -0.2) is 16.1 Å². The summed E-state index contributed by atoms with van der Waals surface area (Å²) in [5.74, 6) is 0. The fraction of sp³-hybridized carbons (Fsp3) is 0.214. The van der Waals surface area contributed by atoms with Crippen LogP contribution >= 0.6 is 0 Å². The maximum Gasteiger partial charge on any atom is 0.209 e. The highest BCUT2D eigenvalue weighted by Crippen LogP contribution is 2.18. The Morgan fingerprint density at radius 2 is 2.06 bits per heavy atom. The minimum absolute atomic E-state index is 1.19. The Kier molecular flexibility index (Phi) is 3.63. The molecule has 0 spiro atoms. The molecule has 1 aliphatic rings. The average Bonchev–Trinajstić information content (AvgIpc) is 2.80. The first-order chi connectivity index (χ1) is 7.43. The van der Waals surface area contributed by atoms with Crippen molar-refractivity contribution in [2.45, 2.75) is 19.6 Å². The fourth-order valence-corrected chi connectivity index (χ4v) is 4.85. The van der Waals surface area contributed by atoms with Crippen LogP contribution in [0.4, 0.5) is 0 Å². The third kappa shape index (κ3) is 2.78. The summed E-state index contributed by atoms with van der Waals surface area (Å²) in [6.45, 7) is 10.3. The Morgan fingerprint density at radius 3 is 2.50 bits per heavy atom. The highest BCUT2D eigenvalue weighted by atomic mass is 28.3. The molecule has 0 nitrogen and oxygen atoms in total. The van der Waals surface area contributed by atoms with Crippen molar-refractivity contribution >= 4 is 16.1 Å². The summed E-state index contributed by atoms with van der Waals surface area (Å²) in [6, 6.07) is 0. The molecule has 1 atom stereocenters. The van der Waals surface area contributed by atoms with Crippen molar-refractivity contribution in [3.63, 3.8) is 0 Å². The maximum atomic E-state index is 5.49. The molecular weight excluding hydrogens is 224 g/mol. The van der Waals surface area contributed by atoms with Gasteiger partial charge in [0.2, 0.25) is 8.07 Å². The van der Waals surface area contributed by atoms with E-state index in [0.717, 1.165) is 0 Å². The van der Waals surface area contributed by atoms with Crippen molar-refractivity contribution in [2.24, 2.45) is 0 Å². The molecular formula is C14H16Si2. The zero-order chi connectivity index (χ0) is 12.2. The highest BCUT2D eigenvalue weighted by molar-refractivity contribution is 6.99. The van der Waals surface area contributed by atoms with Crippen LogP contribution in [0.2, 0.25) is 19.6 Å². The van der Waals surface area contributed by atoms with Crippen molar-refractivity contribution in [1.29, 1.82) is 0 Å². The van der Waals surface area contributed by atoms with Gasteiger partial charge in [-0.05, 0) is 24.4 Å². The predicted octanol–water partition coefficient (Wildman–Crippen LogP) is 2.94. The molecule has 2 heteroatoms. The van der Waals surface area contributed by atoms with E-state index in [1.54, 1.807) is 0 Å². The minimum atomic E-state index is -1.89. The SMILES string of the molecule is C#C[Si](C)(C)C#C[Si](C)(C=C)C1=C=CC=C1. The van der Waals surface area contributed by atoms with Gasteiger partial charge in [0, 0.05) is 0 Å². The quantitative estimate of drug-likeness (QED) is 0.395. The first-order valence-electron chi connectivity index (χ1n) is 5.23. The molecule has 0 aromatic rings. The van der Waals surface area contributed by atoms with Gasteiger partial charge in [-0.15, -0.1) is 35.4 Å². The first kappa shape index (κ1) is 12.6. The van der Waals surface area contributed by atoms with Gasteiger partial charge in [-0.25, -0.2) is 0 Å². The lowest BCUT2D eigenvalue weighted by Gasteiger charge is -2.16. The van der Waals surface area contributed by atoms with E-state index in [1.165, 1.54) is 5.20 Å². The Morgan fingerprint density at radius 1 is 1.38 bits per heavy atom. The molecule has 16 heavy (non-hydrogen) atoms. The van der Waals surface area contributed by atoms with E-state index in [4.69, 9.17) is 6.42 Å². The first-order valence-corrected chi connectivity index (χ1v) is 10.8. The summed E-state index contributed by atoms with van der Waals surface area (Å²) in [6.07, 6.45) is 11.5. The lowest BCUT2D eigenvalue weighted by molar-refractivity contribution is 1.83. The van der Waals surface area contributed by atoms with Crippen LogP contribution in [-0.2, 0) is 0 Å². The van der Waals surface area contributed by atoms with Crippen molar-refractivity contribution < 1.29 is 0 Å². The van der Waals surface area contributed by atoms with Crippen molar-refractivity contribution in [1.82, 2.24) is 0 Å². The monoisotopic (exact) mass is 240 g/mol. The van der Waals surface area contributed by atoms with Crippen LogP contribution in [0.5, 0.6) is 0 Å². The Balaban J connectivity index is 3.10. The van der Waals surface area contributed by atoms with Gasteiger partial charge in [0.25, 0.3) is 0 Å². The summed E-state index contributed by atoms with van der Waals surface area (Å²) in [5, 5.41) is 1.19. The zero-order valence-corrected chi connectivity index (χ0v) is 12.1. The second kappa shape index (κ2) is 4.60. The van der Waals surface area contributed by atoms with Gasteiger partial charge in [-0.1, -0.05) is 24.4 Å². The average molecular weight is 240 g/mol. The molecule has 0 aliphatic heterocycles. The second-order valence-electron chi connectivity index (χ2n) is 4.51. The molecule has 80 valence electrons. The van der Waals surface area contributed by atoms with E-state index < -0.39 is 16.1 Å². The molecule has 1 unspecified atom stereocenters. The van der Waals surface area contributed by atoms with Crippen LogP contribution in [0.15, 0.2) is 41.4 Å². The molecule has 1 rings (SSSR count). The molecule has 0 saturated carbocycles. The predicted molar refractivity (Wildman–Crippen MR) is 76.6 cm³/mol. The van der Waals surface area contributed by atoms with Gasteiger partial charge in [-0.2, -0.15) is 0 Å². The number of allylic oxidation sites excluding steroid dienone is 3. The largest absolute Gasteiger partial charge is 0.209 e. The number of hydrogen-bond acceptors (Lipinski definition) is 0. The van der Waals surface area contributed by atoms with Crippen LogP contribution in [0.25, 0.3) is 0 Å². The Bertz CT molecular complexity index is 497. The van der Waals surface area contributed by atoms with Crippen LogP contribution in [0, 0.1) is 23.1 Å². The number of rotatable bonds is 2. The lowest BCUT2D eigenvalue weighted by Crippen LogP contribution is -2.30. The number of terminal acetylenes is 1. The van der Waals surface area contributed by atoms with E-state index in [-0.39, 0.29) is 0 Å². The standard InChI is InChI=1S/C14H16Si2/c1-6-15(3,4)12-13-16(5,7-2)14-10-8-9-11-14/h1,7-10H,2H2,3-5H3. The molecule has 0 radical (unpaired) electrons. The normalized spacial score (nSPS) is 16.8. The summed E-state index contributed by atoms with van der Waals surface area (Å²) in [4.78, 5) is 0. The highest BCUT2D eigenvalue weighted by Gasteiger charge is 2.26. The fourth-order valence-electron chi connectivity index (χ4n) is 1.20. The van der Waals surface area contributed by atoms with E-state index in [1.807, 2.05) is 17.9 Å². The van der Waals surface area contributed by atoms with Gasteiger partial charge < -0.3 is 0 Å². The topological polar surface area (TPSA) is 0 Å². The van der Waals surface area contributed by atoms with E-state index in [0.29, 0.717) is 0 Å². The zero-order valence-electron chi connectivity index (χ0n) is 10.1. The molecule has 0 saturated heterocycles. The molecule has 0 heterocycles.